The van der Waals surface area contributed by atoms with Crippen molar-refractivity contribution in [2.75, 3.05) is 6.54 Å². The maximum atomic E-state index is 12.5. The van der Waals surface area contributed by atoms with E-state index in [0.29, 0.717) is 10.8 Å². The van der Waals surface area contributed by atoms with Crippen LogP contribution in [0.1, 0.15) is 41.6 Å². The van der Waals surface area contributed by atoms with E-state index in [1.807, 2.05) is 13.8 Å². The molecule has 0 saturated heterocycles. The van der Waals surface area contributed by atoms with Gasteiger partial charge in [0.2, 0.25) is 0 Å². The number of carbonyl (C=O) groups is 2. The van der Waals surface area contributed by atoms with Crippen LogP contribution in [0.25, 0.3) is 0 Å². The summed E-state index contributed by atoms with van der Waals surface area (Å²) in [5.41, 5.74) is 0.875. The Balaban J connectivity index is 2.20. The number of rotatable bonds is 6. The minimum Gasteiger partial charge on any atom is -0.480 e. The lowest BCUT2D eigenvalue weighted by Gasteiger charge is -2.19. The van der Waals surface area contributed by atoms with Crippen LogP contribution in [0.15, 0.2) is 34.9 Å². The van der Waals surface area contributed by atoms with Gasteiger partial charge in [0.1, 0.15) is 12.3 Å². The Morgan fingerprint density at radius 2 is 1.96 bits per heavy atom. The largest absolute Gasteiger partial charge is 0.480 e. The summed E-state index contributed by atoms with van der Waals surface area (Å²) < 4.78 is 5.11. The van der Waals surface area contributed by atoms with Crippen molar-refractivity contribution in [2.45, 2.75) is 26.3 Å². The van der Waals surface area contributed by atoms with Crippen LogP contribution in [0, 0.1) is 0 Å². The van der Waals surface area contributed by atoms with Gasteiger partial charge in [-0.2, -0.15) is 0 Å². The van der Waals surface area contributed by atoms with E-state index in [9.17, 15) is 9.59 Å². The summed E-state index contributed by atoms with van der Waals surface area (Å²) >= 11 is 5.83. The molecule has 0 aliphatic heterocycles. The topological polar surface area (TPSA) is 83.6 Å². The first kappa shape index (κ1) is 17.0. The van der Waals surface area contributed by atoms with Crippen molar-refractivity contribution in [3.8, 4) is 0 Å². The molecule has 0 saturated carbocycles. The molecule has 0 aliphatic carbocycles. The number of carboxylic acids is 1. The fourth-order valence-electron chi connectivity index (χ4n) is 2.00. The fraction of sp³-hybridized carbons (Fsp3) is 0.312. The van der Waals surface area contributed by atoms with Crippen LogP contribution < -0.4 is 0 Å². The first-order valence-corrected chi connectivity index (χ1v) is 7.46. The average molecular weight is 337 g/mol. The van der Waals surface area contributed by atoms with E-state index < -0.39 is 18.4 Å². The summed E-state index contributed by atoms with van der Waals surface area (Å²) in [7, 11) is 0. The highest BCUT2D eigenvalue weighted by molar-refractivity contribution is 6.30. The number of carbonyl (C=O) groups excluding carboxylic acids is 1. The number of halogens is 1. The van der Waals surface area contributed by atoms with Crippen molar-refractivity contribution in [1.29, 1.82) is 0 Å². The lowest BCUT2D eigenvalue weighted by molar-refractivity contribution is -0.137. The van der Waals surface area contributed by atoms with Crippen LogP contribution in [0.3, 0.4) is 0 Å². The van der Waals surface area contributed by atoms with Gasteiger partial charge < -0.3 is 14.5 Å². The molecule has 7 heteroatoms. The first-order valence-electron chi connectivity index (χ1n) is 7.09. The third-order valence-corrected chi connectivity index (χ3v) is 3.47. The number of nitrogens with zero attached hydrogens (tertiary/aromatic N) is 2. The molecule has 0 aliphatic rings. The normalized spacial score (nSPS) is 10.8. The maximum absolute atomic E-state index is 12.5. The van der Waals surface area contributed by atoms with E-state index in [-0.39, 0.29) is 18.2 Å². The zero-order valence-electron chi connectivity index (χ0n) is 12.8. The lowest BCUT2D eigenvalue weighted by Crippen LogP contribution is -2.35. The molecular weight excluding hydrogens is 320 g/mol. The molecule has 2 rings (SSSR count). The van der Waals surface area contributed by atoms with E-state index in [1.54, 1.807) is 30.3 Å². The first-order chi connectivity index (χ1) is 10.9. The Hall–Kier alpha value is -2.34. The molecule has 2 aromatic rings. The van der Waals surface area contributed by atoms with E-state index in [4.69, 9.17) is 21.2 Å². The summed E-state index contributed by atoms with van der Waals surface area (Å²) in [5.74, 6) is -0.916. The van der Waals surface area contributed by atoms with E-state index >= 15 is 0 Å². The minimum absolute atomic E-state index is 0.0910. The Bertz CT molecular complexity index is 694. The van der Waals surface area contributed by atoms with Gasteiger partial charge in [-0.1, -0.05) is 42.7 Å². The molecule has 0 radical (unpaired) electrons. The van der Waals surface area contributed by atoms with Crippen molar-refractivity contribution in [3.63, 3.8) is 0 Å². The summed E-state index contributed by atoms with van der Waals surface area (Å²) in [6.45, 7) is 3.55. The van der Waals surface area contributed by atoms with Gasteiger partial charge in [0.15, 0.2) is 5.69 Å². The number of benzene rings is 1. The minimum atomic E-state index is -1.10. The number of hydrogen-bond acceptors (Lipinski definition) is 4. The Morgan fingerprint density at radius 1 is 1.30 bits per heavy atom. The van der Waals surface area contributed by atoms with Crippen LogP contribution in [0.2, 0.25) is 5.02 Å². The molecule has 1 amide bonds. The van der Waals surface area contributed by atoms with Crippen molar-refractivity contribution < 1.29 is 19.2 Å². The summed E-state index contributed by atoms with van der Waals surface area (Å²) in [6, 6.07) is 8.41. The van der Waals surface area contributed by atoms with Gasteiger partial charge in [0.05, 0.1) is 0 Å². The number of aliphatic carboxylic acids is 1. The van der Waals surface area contributed by atoms with Crippen molar-refractivity contribution in [1.82, 2.24) is 10.1 Å². The van der Waals surface area contributed by atoms with Gasteiger partial charge in [-0.15, -0.1) is 0 Å². The molecule has 0 atom stereocenters. The zero-order chi connectivity index (χ0) is 17.0. The van der Waals surface area contributed by atoms with Gasteiger partial charge in [0.25, 0.3) is 5.91 Å². The predicted molar refractivity (Wildman–Crippen MR) is 84.4 cm³/mol. The van der Waals surface area contributed by atoms with Gasteiger partial charge >= 0.3 is 5.97 Å². The molecule has 6 nitrogen and oxygen atoms in total. The van der Waals surface area contributed by atoms with Gasteiger partial charge in [-0.05, 0) is 17.7 Å². The highest BCUT2D eigenvalue weighted by Crippen LogP contribution is 2.17. The predicted octanol–water partition coefficient (Wildman–Crippen LogP) is 3.18. The molecule has 1 aromatic heterocycles. The molecular formula is C16H17ClN2O4. The number of aromatic nitrogens is 1. The highest BCUT2D eigenvalue weighted by atomic mass is 35.5. The molecule has 1 N–H and O–H groups in total. The second kappa shape index (κ2) is 7.28. The molecule has 23 heavy (non-hydrogen) atoms. The van der Waals surface area contributed by atoms with Crippen LogP contribution >= 0.6 is 11.6 Å². The van der Waals surface area contributed by atoms with Crippen molar-refractivity contribution in [3.05, 3.63) is 52.4 Å². The Kier molecular flexibility index (Phi) is 5.39. The van der Waals surface area contributed by atoms with Crippen LogP contribution in [0.5, 0.6) is 0 Å². The van der Waals surface area contributed by atoms with Gasteiger partial charge in [-0.3, -0.25) is 9.59 Å². The SMILES string of the molecule is CC(C)c1cc(C(=O)N(CC(=O)O)Cc2ccc(Cl)cc2)no1. The third-order valence-electron chi connectivity index (χ3n) is 3.22. The summed E-state index contributed by atoms with van der Waals surface area (Å²) in [6.07, 6.45) is 0. The van der Waals surface area contributed by atoms with Gasteiger partial charge in [-0.25, -0.2) is 0 Å². The quantitative estimate of drug-likeness (QED) is 0.875. The lowest BCUT2D eigenvalue weighted by atomic mass is 10.1. The van der Waals surface area contributed by atoms with Crippen LogP contribution in [-0.4, -0.2) is 33.6 Å². The number of carboxylic acid groups (broad SMARTS) is 1. The molecule has 0 fully saturated rings. The van der Waals surface area contributed by atoms with E-state index in [2.05, 4.69) is 5.16 Å². The molecule has 122 valence electrons. The average Bonchev–Trinajstić information content (AvgIpc) is 2.97. The molecule has 1 heterocycles. The highest BCUT2D eigenvalue weighted by Gasteiger charge is 2.23. The molecule has 0 unspecified atom stereocenters. The van der Waals surface area contributed by atoms with Gasteiger partial charge in [0, 0.05) is 23.6 Å². The van der Waals surface area contributed by atoms with Crippen molar-refractivity contribution in [2.24, 2.45) is 0 Å². The van der Waals surface area contributed by atoms with E-state index in [0.717, 1.165) is 5.56 Å². The van der Waals surface area contributed by atoms with Crippen LogP contribution in [-0.2, 0) is 11.3 Å². The monoisotopic (exact) mass is 336 g/mol. The van der Waals surface area contributed by atoms with Crippen molar-refractivity contribution >= 4 is 23.5 Å². The fourth-order valence-corrected chi connectivity index (χ4v) is 2.12. The number of amides is 1. The standard InChI is InChI=1S/C16H17ClN2O4/c1-10(2)14-7-13(18-23-14)16(22)19(9-15(20)21)8-11-3-5-12(17)6-4-11/h3-7,10H,8-9H2,1-2H3,(H,20,21). The van der Waals surface area contributed by atoms with E-state index in [1.165, 1.54) is 4.90 Å². The number of hydrogen-bond donors (Lipinski definition) is 1. The summed E-state index contributed by atoms with van der Waals surface area (Å²) in [4.78, 5) is 24.7. The molecule has 1 aromatic carbocycles. The zero-order valence-corrected chi connectivity index (χ0v) is 13.6. The smallest absolute Gasteiger partial charge is 0.323 e. The Morgan fingerprint density at radius 3 is 2.48 bits per heavy atom. The molecule has 0 bridgehead atoms. The second-order valence-corrected chi connectivity index (χ2v) is 5.89. The molecule has 0 spiro atoms. The second-order valence-electron chi connectivity index (χ2n) is 5.45. The Labute approximate surface area is 138 Å². The summed E-state index contributed by atoms with van der Waals surface area (Å²) in [5, 5.41) is 13.3. The maximum Gasteiger partial charge on any atom is 0.323 e. The third kappa shape index (κ3) is 4.56. The van der Waals surface area contributed by atoms with Crippen LogP contribution in [0.4, 0.5) is 0 Å².